The Morgan fingerprint density at radius 1 is 0.960 bits per heavy atom. The number of rotatable bonds is 13. The summed E-state index contributed by atoms with van der Waals surface area (Å²) in [5, 5.41) is 0. The minimum atomic E-state index is -3.90. The SMILES string of the molecule is CCCCCCCCCCC[n+]1ccn(CC)c1.COP(=O)([O-])OC. The monoisotopic (exact) mass is 376 g/mol. The van der Waals surface area contributed by atoms with Crippen LogP contribution < -0.4 is 9.46 Å². The summed E-state index contributed by atoms with van der Waals surface area (Å²) in [6.45, 7) is 6.72. The number of phosphoric acid groups is 1. The predicted molar refractivity (Wildman–Crippen MR) is 99.2 cm³/mol. The smallest absolute Gasteiger partial charge is 0.267 e. The maximum atomic E-state index is 9.95. The van der Waals surface area contributed by atoms with Crippen molar-refractivity contribution in [1.29, 1.82) is 0 Å². The van der Waals surface area contributed by atoms with Crippen LogP contribution in [0.15, 0.2) is 18.7 Å². The lowest BCUT2D eigenvalue weighted by Gasteiger charge is -2.16. The molecule has 0 atom stereocenters. The number of phosphoric ester groups is 1. The molecule has 0 fully saturated rings. The van der Waals surface area contributed by atoms with E-state index in [1.165, 1.54) is 64.3 Å². The maximum absolute atomic E-state index is 9.95. The Kier molecular flexibility index (Phi) is 15.1. The predicted octanol–water partition coefficient (Wildman–Crippen LogP) is 4.07. The van der Waals surface area contributed by atoms with E-state index in [4.69, 9.17) is 0 Å². The molecule has 7 heteroatoms. The van der Waals surface area contributed by atoms with E-state index in [0.717, 1.165) is 20.8 Å². The van der Waals surface area contributed by atoms with Crippen LogP contribution in [0.5, 0.6) is 0 Å². The first-order chi connectivity index (χ1) is 12.0. The molecule has 0 radical (unpaired) electrons. The van der Waals surface area contributed by atoms with Crippen molar-refractivity contribution in [2.45, 2.75) is 84.7 Å². The molecule has 0 aromatic carbocycles. The lowest BCUT2D eigenvalue weighted by atomic mass is 10.1. The Labute approximate surface area is 153 Å². The van der Waals surface area contributed by atoms with Crippen LogP contribution in [0.25, 0.3) is 0 Å². The molecule has 1 heterocycles. The molecule has 0 aliphatic heterocycles. The van der Waals surface area contributed by atoms with E-state index in [1.807, 2.05) is 0 Å². The van der Waals surface area contributed by atoms with Gasteiger partial charge < -0.3 is 13.9 Å². The van der Waals surface area contributed by atoms with Crippen molar-refractivity contribution < 1.29 is 23.1 Å². The highest BCUT2D eigenvalue weighted by Gasteiger charge is 2.01. The van der Waals surface area contributed by atoms with Gasteiger partial charge >= 0.3 is 0 Å². The van der Waals surface area contributed by atoms with E-state index in [-0.39, 0.29) is 0 Å². The van der Waals surface area contributed by atoms with Crippen molar-refractivity contribution in [2.24, 2.45) is 0 Å². The second-order valence-corrected chi connectivity index (χ2v) is 7.75. The first-order valence-corrected chi connectivity index (χ1v) is 10.9. The summed E-state index contributed by atoms with van der Waals surface area (Å²) in [6, 6.07) is 0. The summed E-state index contributed by atoms with van der Waals surface area (Å²) in [4.78, 5) is 9.95. The zero-order valence-corrected chi connectivity index (χ0v) is 17.4. The highest BCUT2D eigenvalue weighted by molar-refractivity contribution is 7.45. The molecule has 0 aliphatic carbocycles. The van der Waals surface area contributed by atoms with E-state index in [2.05, 4.69) is 50.8 Å². The molecule has 0 aliphatic rings. The number of hydrogen-bond acceptors (Lipinski definition) is 4. The van der Waals surface area contributed by atoms with Crippen LogP contribution in [0.2, 0.25) is 0 Å². The van der Waals surface area contributed by atoms with Crippen molar-refractivity contribution in [1.82, 2.24) is 4.57 Å². The number of nitrogens with zero attached hydrogens (tertiary/aromatic N) is 2. The zero-order chi connectivity index (χ0) is 19.0. The van der Waals surface area contributed by atoms with E-state index in [1.54, 1.807) is 0 Å². The molecule has 0 saturated heterocycles. The molecule has 6 nitrogen and oxygen atoms in total. The van der Waals surface area contributed by atoms with E-state index in [0.29, 0.717) is 0 Å². The standard InChI is InChI=1S/C16H31N2.C2H7O4P/c1-3-5-6-7-8-9-10-11-12-13-18-15-14-17(4-2)16-18;1-5-7(3,4)6-2/h14-16H,3-13H2,1-2H3;1-2H3,(H,3,4)/q+1;/p-1. The van der Waals surface area contributed by atoms with Crippen LogP contribution in [-0.2, 0) is 26.7 Å². The Morgan fingerprint density at radius 2 is 1.48 bits per heavy atom. The first kappa shape index (κ1) is 24.3. The highest BCUT2D eigenvalue weighted by Crippen LogP contribution is 2.34. The zero-order valence-electron chi connectivity index (χ0n) is 16.5. The number of unbranched alkanes of at least 4 members (excludes halogenated alkanes) is 8. The molecular weight excluding hydrogens is 339 g/mol. The molecule has 0 N–H and O–H groups in total. The van der Waals surface area contributed by atoms with Crippen LogP contribution in [0.4, 0.5) is 0 Å². The van der Waals surface area contributed by atoms with Gasteiger partial charge in [0.15, 0.2) is 0 Å². The topological polar surface area (TPSA) is 67.4 Å². The fourth-order valence-electron chi connectivity index (χ4n) is 2.44. The van der Waals surface area contributed by atoms with Gasteiger partial charge in [0.25, 0.3) is 7.82 Å². The normalized spacial score (nSPS) is 11.2. The molecule has 0 spiro atoms. The average molecular weight is 376 g/mol. The van der Waals surface area contributed by atoms with Gasteiger partial charge in [0, 0.05) is 14.2 Å². The maximum Gasteiger partial charge on any atom is 0.267 e. The van der Waals surface area contributed by atoms with Crippen molar-refractivity contribution in [3.05, 3.63) is 18.7 Å². The van der Waals surface area contributed by atoms with Gasteiger partial charge in [0.2, 0.25) is 6.33 Å². The quantitative estimate of drug-likeness (QED) is 0.296. The molecule has 148 valence electrons. The van der Waals surface area contributed by atoms with Crippen molar-refractivity contribution in [3.8, 4) is 0 Å². The van der Waals surface area contributed by atoms with Gasteiger partial charge in [-0.05, 0) is 19.8 Å². The third kappa shape index (κ3) is 14.2. The molecule has 1 rings (SSSR count). The summed E-state index contributed by atoms with van der Waals surface area (Å²) in [6.07, 6.45) is 19.2. The molecule has 0 unspecified atom stereocenters. The van der Waals surface area contributed by atoms with Crippen molar-refractivity contribution >= 4 is 7.82 Å². The largest absolute Gasteiger partial charge is 0.756 e. The molecule has 0 bridgehead atoms. The van der Waals surface area contributed by atoms with E-state index in [9.17, 15) is 9.46 Å². The minimum absolute atomic E-state index is 1.04. The summed E-state index contributed by atoms with van der Waals surface area (Å²) in [7, 11) is -1.83. The minimum Gasteiger partial charge on any atom is -0.756 e. The van der Waals surface area contributed by atoms with Gasteiger partial charge in [0.05, 0.1) is 13.1 Å². The van der Waals surface area contributed by atoms with Gasteiger partial charge in [-0.1, -0.05) is 51.9 Å². The third-order valence-electron chi connectivity index (χ3n) is 4.08. The first-order valence-electron chi connectivity index (χ1n) is 9.46. The molecule has 0 amide bonds. The Morgan fingerprint density at radius 3 is 1.88 bits per heavy atom. The van der Waals surface area contributed by atoms with Crippen molar-refractivity contribution in [3.63, 3.8) is 0 Å². The van der Waals surface area contributed by atoms with E-state index < -0.39 is 7.82 Å². The summed E-state index contributed by atoms with van der Waals surface area (Å²) in [5.74, 6) is 0. The van der Waals surface area contributed by atoms with Crippen LogP contribution in [0.1, 0.15) is 71.6 Å². The van der Waals surface area contributed by atoms with Gasteiger partial charge in [-0.2, -0.15) is 0 Å². The molecule has 1 aromatic rings. The van der Waals surface area contributed by atoms with Crippen LogP contribution >= 0.6 is 7.82 Å². The number of hydrogen-bond donors (Lipinski definition) is 0. The van der Waals surface area contributed by atoms with Gasteiger partial charge in [-0.15, -0.1) is 0 Å². The Balaban J connectivity index is 0.000000697. The summed E-state index contributed by atoms with van der Waals surface area (Å²) >= 11 is 0. The summed E-state index contributed by atoms with van der Waals surface area (Å²) < 4.78 is 22.2. The molecule has 25 heavy (non-hydrogen) atoms. The highest BCUT2D eigenvalue weighted by atomic mass is 31.2. The van der Waals surface area contributed by atoms with E-state index >= 15 is 0 Å². The second kappa shape index (κ2) is 15.6. The number of imidazole rings is 1. The third-order valence-corrected chi connectivity index (χ3v) is 4.97. The van der Waals surface area contributed by atoms with Crippen LogP contribution in [-0.4, -0.2) is 18.8 Å². The Bertz CT molecular complexity index is 458. The second-order valence-electron chi connectivity index (χ2n) is 6.12. The Hall–Kier alpha value is -0.680. The van der Waals surface area contributed by atoms with Crippen LogP contribution in [0, 0.1) is 0 Å². The van der Waals surface area contributed by atoms with Gasteiger partial charge in [-0.25, -0.2) is 9.13 Å². The lowest BCUT2D eigenvalue weighted by Crippen LogP contribution is -2.30. The number of aromatic nitrogens is 2. The average Bonchev–Trinajstić information content (AvgIpc) is 3.09. The lowest BCUT2D eigenvalue weighted by molar-refractivity contribution is -0.696. The number of aryl methyl sites for hydroxylation is 2. The molecular formula is C18H37N2O4P. The summed E-state index contributed by atoms with van der Waals surface area (Å²) in [5.41, 5.74) is 0. The van der Waals surface area contributed by atoms with Gasteiger partial charge in [0.1, 0.15) is 12.4 Å². The molecule has 0 saturated carbocycles. The molecule has 1 aromatic heterocycles. The van der Waals surface area contributed by atoms with Crippen molar-refractivity contribution in [2.75, 3.05) is 14.2 Å². The fourth-order valence-corrected chi connectivity index (χ4v) is 2.59. The van der Waals surface area contributed by atoms with Gasteiger partial charge in [-0.3, -0.25) is 4.57 Å². The van der Waals surface area contributed by atoms with Crippen LogP contribution in [0.3, 0.4) is 0 Å². The fraction of sp³-hybridized carbons (Fsp3) is 0.833.